The number of fused-ring (bicyclic) bond motifs is 1. The van der Waals surface area contributed by atoms with E-state index in [4.69, 9.17) is 0 Å². The molecule has 0 unspecified atom stereocenters. The summed E-state index contributed by atoms with van der Waals surface area (Å²) in [5, 5.41) is 1.26. The number of nitrogens with one attached hydrogen (secondary N) is 1. The number of likely N-dealkylation sites (tertiary alicyclic amines) is 1. The maximum atomic E-state index is 14.2. The monoisotopic (exact) mass is 466 g/mol. The Morgan fingerprint density at radius 3 is 2.29 bits per heavy atom. The minimum Gasteiger partial charge on any atom is -0.354 e. The van der Waals surface area contributed by atoms with Crippen LogP contribution in [0.3, 0.4) is 0 Å². The van der Waals surface area contributed by atoms with Crippen molar-refractivity contribution in [3.8, 4) is 11.3 Å². The molecule has 2 heterocycles. The molecule has 1 fully saturated rings. The summed E-state index contributed by atoms with van der Waals surface area (Å²) in [5.41, 5.74) is 4.23. The lowest BCUT2D eigenvalue weighted by molar-refractivity contribution is -0.137. The van der Waals surface area contributed by atoms with E-state index in [1.165, 1.54) is 28.3 Å². The Morgan fingerprint density at radius 2 is 1.59 bits per heavy atom. The van der Waals surface area contributed by atoms with Crippen LogP contribution < -0.4 is 0 Å². The minimum atomic E-state index is -4.53. The van der Waals surface area contributed by atoms with E-state index in [2.05, 4.69) is 40.2 Å². The van der Waals surface area contributed by atoms with E-state index in [-0.39, 0.29) is 0 Å². The minimum absolute atomic E-state index is 0.332. The van der Waals surface area contributed by atoms with Gasteiger partial charge in [0.15, 0.2) is 0 Å². The normalized spacial score (nSPS) is 15.8. The number of alkyl halides is 3. The standard InChI is InChI=1S/C28H26F4N2/c29-24-18-22(28(30,31)32)11-10-19(24)12-15-34-16-13-20(14-17-34)26-23-8-4-5-9-25(23)33-27(26)21-6-2-1-3-7-21/h1-11,18,20,33H,12-17H2. The fourth-order valence-corrected chi connectivity index (χ4v) is 5.07. The van der Waals surface area contributed by atoms with E-state index >= 15 is 0 Å². The molecular weight excluding hydrogens is 440 g/mol. The summed E-state index contributed by atoms with van der Waals surface area (Å²) in [6.45, 7) is 2.38. The first-order valence-electron chi connectivity index (χ1n) is 11.6. The van der Waals surface area contributed by atoms with Crippen LogP contribution in [0.5, 0.6) is 0 Å². The lowest BCUT2D eigenvalue weighted by atomic mass is 9.86. The van der Waals surface area contributed by atoms with Crippen molar-refractivity contribution in [2.75, 3.05) is 19.6 Å². The molecule has 1 saturated heterocycles. The molecule has 2 nitrogen and oxygen atoms in total. The van der Waals surface area contributed by atoms with Crippen LogP contribution >= 0.6 is 0 Å². The van der Waals surface area contributed by atoms with Crippen molar-refractivity contribution in [3.63, 3.8) is 0 Å². The molecule has 34 heavy (non-hydrogen) atoms. The second-order valence-corrected chi connectivity index (χ2v) is 9.00. The van der Waals surface area contributed by atoms with Gasteiger partial charge in [-0.3, -0.25) is 0 Å². The van der Waals surface area contributed by atoms with Crippen LogP contribution in [-0.2, 0) is 12.6 Å². The summed E-state index contributed by atoms with van der Waals surface area (Å²) in [6.07, 6.45) is -2.16. The Kier molecular flexibility index (Phi) is 6.17. The predicted octanol–water partition coefficient (Wildman–Crippen LogP) is 7.41. The molecule has 0 saturated carbocycles. The third-order valence-corrected chi connectivity index (χ3v) is 6.88. The summed E-state index contributed by atoms with van der Waals surface area (Å²) in [4.78, 5) is 5.90. The molecule has 1 aromatic heterocycles. The zero-order valence-corrected chi connectivity index (χ0v) is 18.7. The number of hydrogen-bond donors (Lipinski definition) is 1. The van der Waals surface area contributed by atoms with Crippen LogP contribution in [0, 0.1) is 5.82 Å². The first kappa shape index (κ1) is 22.7. The SMILES string of the molecule is Fc1cc(C(F)(F)F)ccc1CCN1CCC(c2c(-c3ccccc3)[nH]c3ccccc23)CC1. The lowest BCUT2D eigenvalue weighted by Gasteiger charge is -2.32. The van der Waals surface area contributed by atoms with Gasteiger partial charge in [-0.25, -0.2) is 4.39 Å². The number of aromatic amines is 1. The van der Waals surface area contributed by atoms with Crippen molar-refractivity contribution in [1.82, 2.24) is 9.88 Å². The Balaban J connectivity index is 1.28. The van der Waals surface area contributed by atoms with Crippen LogP contribution in [0.25, 0.3) is 22.2 Å². The van der Waals surface area contributed by atoms with E-state index in [0.29, 0.717) is 30.5 Å². The number of para-hydroxylation sites is 1. The number of hydrogen-bond acceptors (Lipinski definition) is 1. The lowest BCUT2D eigenvalue weighted by Crippen LogP contribution is -2.34. The highest BCUT2D eigenvalue weighted by atomic mass is 19.4. The van der Waals surface area contributed by atoms with Gasteiger partial charge in [0.05, 0.1) is 5.56 Å². The average Bonchev–Trinajstić information content (AvgIpc) is 3.23. The van der Waals surface area contributed by atoms with Gasteiger partial charge < -0.3 is 9.88 Å². The van der Waals surface area contributed by atoms with Gasteiger partial charge in [0.2, 0.25) is 0 Å². The molecule has 1 aliphatic heterocycles. The first-order chi connectivity index (χ1) is 16.4. The molecule has 5 rings (SSSR count). The van der Waals surface area contributed by atoms with Crippen molar-refractivity contribution in [1.29, 1.82) is 0 Å². The van der Waals surface area contributed by atoms with E-state index in [1.807, 2.05) is 24.3 Å². The molecule has 176 valence electrons. The molecule has 1 N–H and O–H groups in total. The summed E-state index contributed by atoms with van der Waals surface area (Å²) < 4.78 is 52.6. The van der Waals surface area contributed by atoms with Crippen LogP contribution in [0.15, 0.2) is 72.8 Å². The van der Waals surface area contributed by atoms with Crippen molar-refractivity contribution in [3.05, 3.63) is 95.3 Å². The molecule has 4 aromatic rings. The van der Waals surface area contributed by atoms with Gasteiger partial charge in [-0.1, -0.05) is 54.6 Å². The quantitative estimate of drug-likeness (QED) is 0.303. The summed E-state index contributed by atoms with van der Waals surface area (Å²) in [6, 6.07) is 21.6. The predicted molar refractivity (Wildman–Crippen MR) is 127 cm³/mol. The second-order valence-electron chi connectivity index (χ2n) is 9.00. The zero-order valence-electron chi connectivity index (χ0n) is 18.7. The van der Waals surface area contributed by atoms with Gasteiger partial charge in [-0.2, -0.15) is 13.2 Å². The maximum absolute atomic E-state index is 14.2. The molecule has 6 heteroatoms. The topological polar surface area (TPSA) is 19.0 Å². The van der Waals surface area contributed by atoms with Gasteiger partial charge in [0.25, 0.3) is 0 Å². The third-order valence-electron chi connectivity index (χ3n) is 6.88. The van der Waals surface area contributed by atoms with Crippen molar-refractivity contribution >= 4 is 10.9 Å². The Hall–Kier alpha value is -3.12. The average molecular weight is 467 g/mol. The molecule has 0 spiro atoms. The largest absolute Gasteiger partial charge is 0.416 e. The van der Waals surface area contributed by atoms with E-state index in [1.54, 1.807) is 0 Å². The smallest absolute Gasteiger partial charge is 0.354 e. The zero-order chi connectivity index (χ0) is 23.7. The molecule has 3 aromatic carbocycles. The first-order valence-corrected chi connectivity index (χ1v) is 11.6. The third kappa shape index (κ3) is 4.60. The molecule has 0 radical (unpaired) electrons. The van der Waals surface area contributed by atoms with Gasteiger partial charge >= 0.3 is 6.18 Å². The highest BCUT2D eigenvalue weighted by Crippen LogP contribution is 2.40. The molecule has 0 aliphatic carbocycles. The number of piperidine rings is 1. The van der Waals surface area contributed by atoms with Gasteiger partial charge in [0, 0.05) is 23.1 Å². The molecule has 0 atom stereocenters. The Labute approximate surface area is 196 Å². The van der Waals surface area contributed by atoms with Crippen molar-refractivity contribution in [2.45, 2.75) is 31.4 Å². The van der Waals surface area contributed by atoms with Crippen LogP contribution in [-0.4, -0.2) is 29.5 Å². The van der Waals surface area contributed by atoms with Crippen LogP contribution in [0.1, 0.15) is 35.4 Å². The number of aromatic nitrogens is 1. The molecule has 0 bridgehead atoms. The Bertz CT molecular complexity index is 1270. The highest BCUT2D eigenvalue weighted by molar-refractivity contribution is 5.91. The second kappa shape index (κ2) is 9.26. The van der Waals surface area contributed by atoms with Crippen molar-refractivity contribution in [2.24, 2.45) is 0 Å². The molecular formula is C28H26F4N2. The molecule has 1 aliphatic rings. The fraction of sp³-hybridized carbons (Fsp3) is 0.286. The summed E-state index contributed by atoms with van der Waals surface area (Å²) in [7, 11) is 0. The summed E-state index contributed by atoms with van der Waals surface area (Å²) in [5.74, 6) is -0.374. The molecule has 0 amide bonds. The number of rotatable bonds is 5. The maximum Gasteiger partial charge on any atom is 0.416 e. The van der Waals surface area contributed by atoms with E-state index < -0.39 is 17.6 Å². The van der Waals surface area contributed by atoms with Gasteiger partial charge in [-0.05, 0) is 73.2 Å². The highest BCUT2D eigenvalue weighted by Gasteiger charge is 2.31. The van der Waals surface area contributed by atoms with E-state index in [0.717, 1.165) is 37.5 Å². The van der Waals surface area contributed by atoms with Crippen molar-refractivity contribution < 1.29 is 17.6 Å². The number of H-pyrrole nitrogens is 1. The number of halogens is 4. The fourth-order valence-electron chi connectivity index (χ4n) is 5.07. The van der Waals surface area contributed by atoms with Gasteiger partial charge in [0.1, 0.15) is 5.82 Å². The van der Waals surface area contributed by atoms with Crippen LogP contribution in [0.4, 0.5) is 17.6 Å². The van der Waals surface area contributed by atoms with Crippen LogP contribution in [0.2, 0.25) is 0 Å². The summed E-state index contributed by atoms with van der Waals surface area (Å²) >= 11 is 0. The number of benzene rings is 3. The number of nitrogens with zero attached hydrogens (tertiary/aromatic N) is 1. The van der Waals surface area contributed by atoms with E-state index in [9.17, 15) is 17.6 Å². The Morgan fingerprint density at radius 1 is 0.882 bits per heavy atom. The van der Waals surface area contributed by atoms with Gasteiger partial charge in [-0.15, -0.1) is 0 Å².